The molecule has 1 aliphatic heterocycles. The Labute approximate surface area is 207 Å². The fourth-order valence-electron chi connectivity index (χ4n) is 3.71. The quantitative estimate of drug-likeness (QED) is 0.174. The molecule has 192 valence electrons. The van der Waals surface area contributed by atoms with E-state index >= 15 is 0 Å². The number of nitrogens with zero attached hydrogens (tertiary/aromatic N) is 1. The van der Waals surface area contributed by atoms with E-state index in [1.807, 2.05) is 0 Å². The Morgan fingerprint density at radius 3 is 2.31 bits per heavy atom. The van der Waals surface area contributed by atoms with Gasteiger partial charge in [0, 0.05) is 25.1 Å². The van der Waals surface area contributed by atoms with Crippen LogP contribution in [0.25, 0.3) is 0 Å². The van der Waals surface area contributed by atoms with Crippen LogP contribution in [-0.2, 0) is 30.4 Å². The van der Waals surface area contributed by atoms with Crippen molar-refractivity contribution >= 4 is 42.3 Å². The summed E-state index contributed by atoms with van der Waals surface area (Å²) < 4.78 is 0. The number of benzene rings is 1. The molecule has 1 fully saturated rings. The molecular weight excluding hydrogens is 480 g/mol. The van der Waals surface area contributed by atoms with E-state index in [2.05, 4.69) is 23.3 Å². The highest BCUT2D eigenvalue weighted by Crippen LogP contribution is 2.21. The number of carbonyl (C=O) groups is 5. The Balaban J connectivity index is 2.21. The first-order chi connectivity index (χ1) is 16.5. The smallest absolute Gasteiger partial charge is 0.327 e. The standard InChI is InChI=1S/C22H30N4O8S/c23-14(7-8-18(28)29)19(30)24-15(10-12-3-5-13(27)6-4-12)21(32)26-9-1-2-17(26)20(31)25-16(11-35)22(33)34/h3-6,14-17,27,35H,1-2,7-11,23H2,(H,24,30)(H,25,31)(H,28,29)(H,33,34). The van der Waals surface area contributed by atoms with Gasteiger partial charge in [0.2, 0.25) is 17.7 Å². The summed E-state index contributed by atoms with van der Waals surface area (Å²) in [5, 5.41) is 32.5. The normalized spacial score (nSPS) is 17.8. The Hall–Kier alpha value is -3.32. The van der Waals surface area contributed by atoms with Gasteiger partial charge in [-0.3, -0.25) is 19.2 Å². The van der Waals surface area contributed by atoms with E-state index in [-0.39, 0.29) is 37.3 Å². The number of nitrogens with two attached hydrogens (primary N) is 1. The third-order valence-corrected chi connectivity index (χ3v) is 6.00. The highest BCUT2D eigenvalue weighted by Gasteiger charge is 2.39. The Bertz CT molecular complexity index is 942. The van der Waals surface area contributed by atoms with E-state index in [0.29, 0.717) is 18.4 Å². The van der Waals surface area contributed by atoms with Crippen LogP contribution in [0.5, 0.6) is 5.75 Å². The van der Waals surface area contributed by atoms with Gasteiger partial charge in [-0.1, -0.05) is 12.1 Å². The molecule has 35 heavy (non-hydrogen) atoms. The highest BCUT2D eigenvalue weighted by molar-refractivity contribution is 7.80. The third-order valence-electron chi connectivity index (χ3n) is 5.63. The number of hydrogen-bond donors (Lipinski definition) is 7. The second-order valence-electron chi connectivity index (χ2n) is 8.24. The lowest BCUT2D eigenvalue weighted by Crippen LogP contribution is -2.57. The lowest BCUT2D eigenvalue weighted by atomic mass is 10.0. The Kier molecular flexibility index (Phi) is 10.3. The van der Waals surface area contributed by atoms with Crippen molar-refractivity contribution in [2.24, 2.45) is 5.73 Å². The largest absolute Gasteiger partial charge is 0.508 e. The molecule has 0 saturated carbocycles. The van der Waals surface area contributed by atoms with E-state index in [1.54, 1.807) is 12.1 Å². The van der Waals surface area contributed by atoms with Crippen LogP contribution < -0.4 is 16.4 Å². The van der Waals surface area contributed by atoms with Crippen LogP contribution in [0.15, 0.2) is 24.3 Å². The maximum Gasteiger partial charge on any atom is 0.327 e. The van der Waals surface area contributed by atoms with Gasteiger partial charge in [0.15, 0.2) is 0 Å². The maximum absolute atomic E-state index is 13.5. The van der Waals surface area contributed by atoms with Crippen molar-refractivity contribution in [1.82, 2.24) is 15.5 Å². The average molecular weight is 511 g/mol. The number of hydrogen-bond acceptors (Lipinski definition) is 8. The Morgan fingerprint density at radius 2 is 1.74 bits per heavy atom. The number of aliphatic carboxylic acids is 2. The van der Waals surface area contributed by atoms with Crippen LogP contribution in [0, 0.1) is 0 Å². The number of carboxylic acids is 2. The molecule has 1 aliphatic rings. The van der Waals surface area contributed by atoms with Crippen molar-refractivity contribution in [2.75, 3.05) is 12.3 Å². The molecule has 1 aromatic rings. The van der Waals surface area contributed by atoms with Gasteiger partial charge in [-0.25, -0.2) is 4.79 Å². The van der Waals surface area contributed by atoms with Crippen LogP contribution in [0.4, 0.5) is 0 Å². The summed E-state index contributed by atoms with van der Waals surface area (Å²) in [6.07, 6.45) is 0.385. The number of phenolic OH excluding ortho intramolecular Hbond substituents is 1. The molecule has 0 aromatic heterocycles. The molecule has 12 nitrogen and oxygen atoms in total. The van der Waals surface area contributed by atoms with Crippen molar-refractivity contribution in [3.8, 4) is 5.75 Å². The first-order valence-electron chi connectivity index (χ1n) is 11.0. The van der Waals surface area contributed by atoms with Crippen LogP contribution in [0.3, 0.4) is 0 Å². The van der Waals surface area contributed by atoms with Gasteiger partial charge in [-0.2, -0.15) is 12.6 Å². The molecule has 3 amide bonds. The zero-order valence-corrected chi connectivity index (χ0v) is 19.8. The summed E-state index contributed by atoms with van der Waals surface area (Å²) in [6.45, 7) is 0.225. The minimum absolute atomic E-state index is 0.0183. The lowest BCUT2D eigenvalue weighted by Gasteiger charge is -2.30. The molecule has 4 unspecified atom stereocenters. The van der Waals surface area contributed by atoms with Crippen molar-refractivity contribution in [3.63, 3.8) is 0 Å². The molecule has 0 aliphatic carbocycles. The monoisotopic (exact) mass is 510 g/mol. The number of rotatable bonds is 12. The number of phenols is 1. The molecule has 0 spiro atoms. The number of likely N-dealkylation sites (tertiary alicyclic amines) is 1. The lowest BCUT2D eigenvalue weighted by molar-refractivity contribution is -0.144. The zero-order valence-electron chi connectivity index (χ0n) is 18.9. The predicted octanol–water partition coefficient (Wildman–Crippen LogP) is -0.898. The Morgan fingerprint density at radius 1 is 1.09 bits per heavy atom. The van der Waals surface area contributed by atoms with Crippen molar-refractivity contribution in [2.45, 2.75) is 56.3 Å². The summed E-state index contributed by atoms with van der Waals surface area (Å²) in [4.78, 5) is 62.1. The summed E-state index contributed by atoms with van der Waals surface area (Å²) in [5.41, 5.74) is 6.41. The number of carboxylic acid groups (broad SMARTS) is 2. The first-order valence-corrected chi connectivity index (χ1v) is 11.7. The predicted molar refractivity (Wildman–Crippen MR) is 127 cm³/mol. The number of aromatic hydroxyl groups is 1. The van der Waals surface area contributed by atoms with Crippen molar-refractivity contribution in [1.29, 1.82) is 0 Å². The molecule has 2 rings (SSSR count). The number of thiol groups is 1. The van der Waals surface area contributed by atoms with Crippen LogP contribution in [0.2, 0.25) is 0 Å². The highest BCUT2D eigenvalue weighted by atomic mass is 32.1. The molecule has 0 radical (unpaired) electrons. The topological polar surface area (TPSA) is 199 Å². The van der Waals surface area contributed by atoms with Crippen LogP contribution in [-0.4, -0.2) is 86.3 Å². The first kappa shape index (κ1) is 27.9. The van der Waals surface area contributed by atoms with Gasteiger partial charge in [-0.05, 0) is 37.0 Å². The molecule has 1 saturated heterocycles. The summed E-state index contributed by atoms with van der Waals surface area (Å²) in [6, 6.07) is 1.56. The molecule has 4 atom stereocenters. The fourth-order valence-corrected chi connectivity index (χ4v) is 3.96. The van der Waals surface area contributed by atoms with E-state index in [1.165, 1.54) is 17.0 Å². The summed E-state index contributed by atoms with van der Waals surface area (Å²) >= 11 is 3.93. The molecule has 13 heteroatoms. The number of carbonyl (C=O) groups excluding carboxylic acids is 3. The summed E-state index contributed by atoms with van der Waals surface area (Å²) in [7, 11) is 0. The second-order valence-corrected chi connectivity index (χ2v) is 8.61. The van der Waals surface area contributed by atoms with Crippen molar-refractivity contribution < 1.29 is 39.3 Å². The minimum atomic E-state index is -1.25. The van der Waals surface area contributed by atoms with Gasteiger partial charge in [-0.15, -0.1) is 0 Å². The van der Waals surface area contributed by atoms with E-state index in [0.717, 1.165) is 0 Å². The SMILES string of the molecule is NC(CCC(=O)O)C(=O)NC(Cc1ccc(O)cc1)C(=O)N1CCCC1C(=O)NC(CS)C(=O)O. The third kappa shape index (κ3) is 8.14. The van der Waals surface area contributed by atoms with E-state index in [4.69, 9.17) is 10.8 Å². The van der Waals surface area contributed by atoms with E-state index in [9.17, 15) is 34.2 Å². The average Bonchev–Trinajstić information content (AvgIpc) is 3.31. The van der Waals surface area contributed by atoms with Crippen molar-refractivity contribution in [3.05, 3.63) is 29.8 Å². The molecule has 1 heterocycles. The number of amides is 3. The minimum Gasteiger partial charge on any atom is -0.508 e. The summed E-state index contributed by atoms with van der Waals surface area (Å²) in [5.74, 6) is -4.39. The molecule has 0 bridgehead atoms. The molecule has 1 aromatic carbocycles. The fraction of sp³-hybridized carbons (Fsp3) is 0.500. The zero-order chi connectivity index (χ0) is 26.1. The van der Waals surface area contributed by atoms with Gasteiger partial charge in [0.1, 0.15) is 23.9 Å². The molecule has 7 N–H and O–H groups in total. The number of nitrogens with one attached hydrogen (secondary N) is 2. The van der Waals surface area contributed by atoms with E-state index < -0.39 is 53.8 Å². The van der Waals surface area contributed by atoms with Gasteiger partial charge in [0.25, 0.3) is 0 Å². The van der Waals surface area contributed by atoms with Gasteiger partial charge in [0.05, 0.1) is 6.04 Å². The van der Waals surface area contributed by atoms with Crippen LogP contribution >= 0.6 is 12.6 Å². The van der Waals surface area contributed by atoms with Gasteiger partial charge < -0.3 is 36.6 Å². The second kappa shape index (κ2) is 13.0. The van der Waals surface area contributed by atoms with Crippen LogP contribution in [0.1, 0.15) is 31.2 Å². The molecular formula is C22H30N4O8S. The maximum atomic E-state index is 13.5. The van der Waals surface area contributed by atoms with Gasteiger partial charge >= 0.3 is 11.9 Å².